The van der Waals surface area contributed by atoms with Crippen LogP contribution in [0, 0.1) is 6.92 Å². The van der Waals surface area contributed by atoms with Gasteiger partial charge in [0.1, 0.15) is 18.1 Å². The Hall–Kier alpha value is -3.58. The molecule has 8 heteroatoms. The smallest absolute Gasteiger partial charge is 0.365 e. The minimum atomic E-state index is -0.415. The van der Waals surface area contributed by atoms with Crippen LogP contribution in [-0.4, -0.2) is 27.3 Å². The Morgan fingerprint density at radius 1 is 1.07 bits per heavy atom. The summed E-state index contributed by atoms with van der Waals surface area (Å²) in [6.07, 6.45) is 0. The highest BCUT2D eigenvalue weighted by Crippen LogP contribution is 2.32. The van der Waals surface area contributed by atoms with Gasteiger partial charge < -0.3 is 9.47 Å². The summed E-state index contributed by atoms with van der Waals surface area (Å²) in [6, 6.07) is 19.0. The zero-order chi connectivity index (χ0) is 21.1. The quantitative estimate of drug-likeness (QED) is 0.504. The maximum absolute atomic E-state index is 12.0. The molecule has 1 heterocycles. The summed E-state index contributed by atoms with van der Waals surface area (Å²) < 4.78 is 12.5. The molecule has 0 unspecified atom stereocenters. The maximum Gasteiger partial charge on any atom is 0.365 e. The number of aryl methyl sites for hydroxylation is 1. The van der Waals surface area contributed by atoms with Crippen LogP contribution in [0.15, 0.2) is 65.5 Å². The molecule has 0 radical (unpaired) electrons. The van der Waals surface area contributed by atoms with E-state index < -0.39 is 5.69 Å². The summed E-state index contributed by atoms with van der Waals surface area (Å²) >= 11 is 6.37. The lowest BCUT2D eigenvalue weighted by atomic mass is 10.1. The summed E-state index contributed by atoms with van der Waals surface area (Å²) in [4.78, 5) is 12.0. The van der Waals surface area contributed by atoms with Gasteiger partial charge in [0.15, 0.2) is 0 Å². The molecule has 0 aliphatic carbocycles. The van der Waals surface area contributed by atoms with Gasteiger partial charge in [-0.15, -0.1) is 0 Å². The molecule has 30 heavy (non-hydrogen) atoms. The second kappa shape index (κ2) is 8.42. The third kappa shape index (κ3) is 3.92. The van der Waals surface area contributed by atoms with Crippen molar-refractivity contribution in [1.82, 2.24) is 20.2 Å². The highest BCUT2D eigenvalue weighted by Gasteiger charge is 2.13. The first-order chi connectivity index (χ1) is 14.6. The molecule has 4 rings (SSSR count). The van der Waals surface area contributed by atoms with E-state index >= 15 is 0 Å². The third-order valence-corrected chi connectivity index (χ3v) is 5.12. The number of hydrogen-bond acceptors (Lipinski definition) is 5. The maximum atomic E-state index is 12.0. The van der Waals surface area contributed by atoms with Crippen molar-refractivity contribution < 1.29 is 9.47 Å². The van der Waals surface area contributed by atoms with Crippen LogP contribution in [0.5, 0.6) is 11.5 Å². The molecule has 0 spiro atoms. The molecule has 0 atom stereocenters. The second-order valence-corrected chi connectivity index (χ2v) is 7.06. The first-order valence-corrected chi connectivity index (χ1v) is 9.60. The molecule has 0 fully saturated rings. The van der Waals surface area contributed by atoms with E-state index in [1.165, 1.54) is 4.68 Å². The second-order valence-electron chi connectivity index (χ2n) is 6.65. The number of benzene rings is 3. The predicted molar refractivity (Wildman–Crippen MR) is 114 cm³/mol. The van der Waals surface area contributed by atoms with Crippen molar-refractivity contribution in [2.24, 2.45) is 0 Å². The molecule has 1 aromatic heterocycles. The number of methoxy groups -OCH3 is 1. The summed E-state index contributed by atoms with van der Waals surface area (Å²) in [5.74, 6) is 1.34. The zero-order valence-corrected chi connectivity index (χ0v) is 17.2. The van der Waals surface area contributed by atoms with E-state index in [1.807, 2.05) is 55.5 Å². The molecule has 0 bridgehead atoms. The highest BCUT2D eigenvalue weighted by atomic mass is 35.5. The zero-order valence-electron chi connectivity index (χ0n) is 16.4. The Morgan fingerprint density at radius 2 is 1.83 bits per heavy atom. The predicted octanol–water partition coefficient (Wildman–Crippen LogP) is 4.17. The van der Waals surface area contributed by atoms with E-state index in [2.05, 4.69) is 15.5 Å². The van der Waals surface area contributed by atoms with Crippen LogP contribution in [-0.2, 0) is 6.61 Å². The molecule has 1 N–H and O–H groups in total. The molecule has 0 aliphatic rings. The number of rotatable bonds is 6. The number of nitrogens with one attached hydrogen (secondary N) is 1. The largest absolute Gasteiger partial charge is 0.497 e. The lowest BCUT2D eigenvalue weighted by molar-refractivity contribution is 0.305. The molecule has 3 aromatic carbocycles. The van der Waals surface area contributed by atoms with Crippen molar-refractivity contribution in [2.75, 3.05) is 7.11 Å². The van der Waals surface area contributed by atoms with Crippen molar-refractivity contribution in [1.29, 1.82) is 0 Å². The van der Waals surface area contributed by atoms with E-state index in [1.54, 1.807) is 19.2 Å². The van der Waals surface area contributed by atoms with Gasteiger partial charge in [-0.05, 0) is 64.4 Å². The Balaban J connectivity index is 1.63. The van der Waals surface area contributed by atoms with Crippen LogP contribution >= 0.6 is 11.6 Å². The fraction of sp³-hybridized carbons (Fsp3) is 0.136. The topological polar surface area (TPSA) is 82.0 Å². The number of H-pyrrole nitrogens is 1. The number of ether oxygens (including phenoxy) is 2. The molecule has 4 aromatic rings. The lowest BCUT2D eigenvalue weighted by Gasteiger charge is -2.14. The summed E-state index contributed by atoms with van der Waals surface area (Å²) in [5.41, 5.74) is 3.96. The van der Waals surface area contributed by atoms with E-state index in [-0.39, 0.29) is 6.61 Å². The first-order valence-electron chi connectivity index (χ1n) is 9.23. The van der Waals surface area contributed by atoms with Gasteiger partial charge in [-0.3, -0.25) is 0 Å². The molecule has 0 aliphatic heterocycles. The van der Waals surface area contributed by atoms with Crippen molar-refractivity contribution in [3.05, 3.63) is 87.3 Å². The minimum absolute atomic E-state index is 0.215. The van der Waals surface area contributed by atoms with Gasteiger partial charge in [0.25, 0.3) is 0 Å². The minimum Gasteiger partial charge on any atom is -0.497 e. The van der Waals surface area contributed by atoms with Crippen molar-refractivity contribution in [3.63, 3.8) is 0 Å². The number of tetrazole rings is 1. The Bertz CT molecular complexity index is 1230. The summed E-state index contributed by atoms with van der Waals surface area (Å²) in [6.45, 7) is 2.16. The van der Waals surface area contributed by atoms with Crippen molar-refractivity contribution >= 4 is 11.6 Å². The molecule has 0 saturated carbocycles. The normalized spacial score (nSPS) is 10.8. The molecule has 0 saturated heterocycles. The SMILES string of the molecule is COc1ccc(-c2ccc(Cl)c(OCc3c(C)cccc3-n3nn[nH]c3=O)c2)cc1. The van der Waals surface area contributed by atoms with Crippen LogP contribution in [0.1, 0.15) is 11.1 Å². The lowest BCUT2D eigenvalue weighted by Crippen LogP contribution is -2.18. The third-order valence-electron chi connectivity index (χ3n) is 4.81. The van der Waals surface area contributed by atoms with Crippen LogP contribution in [0.4, 0.5) is 0 Å². The highest BCUT2D eigenvalue weighted by molar-refractivity contribution is 6.32. The van der Waals surface area contributed by atoms with E-state index in [0.717, 1.165) is 28.0 Å². The van der Waals surface area contributed by atoms with Gasteiger partial charge >= 0.3 is 5.69 Å². The first kappa shape index (κ1) is 19.7. The molecule has 7 nitrogen and oxygen atoms in total. The van der Waals surface area contributed by atoms with Gasteiger partial charge in [-0.25, -0.2) is 9.89 Å². The van der Waals surface area contributed by atoms with Crippen LogP contribution in [0.2, 0.25) is 5.02 Å². The van der Waals surface area contributed by atoms with Crippen molar-refractivity contribution in [3.8, 4) is 28.3 Å². The average Bonchev–Trinajstić information content (AvgIpc) is 3.19. The van der Waals surface area contributed by atoms with Gasteiger partial charge in [0.05, 0.1) is 17.8 Å². The monoisotopic (exact) mass is 422 g/mol. The number of hydrogen-bond donors (Lipinski definition) is 1. The fourth-order valence-corrected chi connectivity index (χ4v) is 3.33. The van der Waals surface area contributed by atoms with Gasteiger partial charge in [0.2, 0.25) is 0 Å². The summed E-state index contributed by atoms with van der Waals surface area (Å²) in [5, 5.41) is 10.2. The Kier molecular flexibility index (Phi) is 5.54. The van der Waals surface area contributed by atoms with Crippen LogP contribution in [0.3, 0.4) is 0 Å². The van der Waals surface area contributed by atoms with Crippen LogP contribution in [0.25, 0.3) is 16.8 Å². The van der Waals surface area contributed by atoms with E-state index in [0.29, 0.717) is 16.5 Å². The average molecular weight is 423 g/mol. The Labute approximate surface area is 177 Å². The number of aromatic amines is 1. The van der Waals surface area contributed by atoms with E-state index in [4.69, 9.17) is 21.1 Å². The number of halogens is 1. The molecule has 152 valence electrons. The number of nitrogens with zero attached hydrogens (tertiary/aromatic N) is 3. The van der Waals surface area contributed by atoms with Crippen LogP contribution < -0.4 is 15.2 Å². The molecule has 0 amide bonds. The summed E-state index contributed by atoms with van der Waals surface area (Å²) in [7, 11) is 1.64. The van der Waals surface area contributed by atoms with E-state index in [9.17, 15) is 4.79 Å². The van der Waals surface area contributed by atoms with Gasteiger partial charge in [-0.1, -0.05) is 41.9 Å². The number of aromatic nitrogens is 4. The van der Waals surface area contributed by atoms with Gasteiger partial charge in [-0.2, -0.15) is 4.68 Å². The molecular weight excluding hydrogens is 404 g/mol. The Morgan fingerprint density at radius 3 is 2.53 bits per heavy atom. The fourth-order valence-electron chi connectivity index (χ4n) is 3.16. The van der Waals surface area contributed by atoms with Gasteiger partial charge in [0, 0.05) is 5.56 Å². The standard InChI is InChI=1S/C22H19ClN4O3/c1-14-4-3-5-20(27-22(28)24-25-26-27)18(14)13-30-21-12-16(8-11-19(21)23)15-6-9-17(29-2)10-7-15/h3-12H,13H2,1-2H3,(H,24,26,28). The molecular formula is C22H19ClN4O3. The van der Waals surface area contributed by atoms with Crippen molar-refractivity contribution in [2.45, 2.75) is 13.5 Å².